The van der Waals surface area contributed by atoms with Crippen LogP contribution in [0.15, 0.2) is 48.6 Å². The summed E-state index contributed by atoms with van der Waals surface area (Å²) in [7, 11) is 0. The Morgan fingerprint density at radius 1 is 0.560 bits per heavy atom. The van der Waals surface area contributed by atoms with Gasteiger partial charge in [0.1, 0.15) is 6.61 Å². The van der Waals surface area contributed by atoms with Crippen LogP contribution in [0, 0.1) is 0 Å². The second-order valence-electron chi connectivity index (χ2n) is 13.9. The molecule has 0 fully saturated rings. The summed E-state index contributed by atoms with van der Waals surface area (Å²) in [5.74, 6) is -0.716. The first-order valence-electron chi connectivity index (χ1n) is 20.8. The number of carbonyl (C=O) groups is 2. The first-order chi connectivity index (χ1) is 24.5. The van der Waals surface area contributed by atoms with Gasteiger partial charge in [0, 0.05) is 12.8 Å². The van der Waals surface area contributed by atoms with Gasteiger partial charge in [0.25, 0.3) is 0 Å². The van der Waals surface area contributed by atoms with Gasteiger partial charge >= 0.3 is 11.9 Å². The maximum atomic E-state index is 12.2. The molecule has 290 valence electrons. The molecule has 0 radical (unpaired) electrons. The molecule has 50 heavy (non-hydrogen) atoms. The van der Waals surface area contributed by atoms with E-state index in [4.69, 9.17) is 9.47 Å². The highest BCUT2D eigenvalue weighted by Gasteiger charge is 2.16. The van der Waals surface area contributed by atoms with Crippen molar-refractivity contribution in [3.63, 3.8) is 0 Å². The highest BCUT2D eigenvalue weighted by Crippen LogP contribution is 2.15. The van der Waals surface area contributed by atoms with Gasteiger partial charge in [0.15, 0.2) is 6.10 Å². The number of hydrogen-bond acceptors (Lipinski definition) is 6. The van der Waals surface area contributed by atoms with E-state index < -0.39 is 18.2 Å². The Morgan fingerprint density at radius 2 is 1.06 bits per heavy atom. The van der Waals surface area contributed by atoms with Crippen molar-refractivity contribution < 1.29 is 29.3 Å². The molecule has 6 heteroatoms. The molecule has 6 nitrogen and oxygen atoms in total. The second-order valence-corrected chi connectivity index (χ2v) is 13.9. The third-order valence-corrected chi connectivity index (χ3v) is 8.96. The average Bonchev–Trinajstić information content (AvgIpc) is 3.11. The maximum Gasteiger partial charge on any atom is 0.306 e. The van der Waals surface area contributed by atoms with E-state index in [1.807, 2.05) is 24.3 Å². The molecule has 0 spiro atoms. The van der Waals surface area contributed by atoms with Crippen molar-refractivity contribution in [3.8, 4) is 0 Å². The van der Waals surface area contributed by atoms with Gasteiger partial charge < -0.3 is 19.7 Å². The Labute approximate surface area is 308 Å². The molecule has 0 aliphatic carbocycles. The van der Waals surface area contributed by atoms with E-state index in [1.54, 1.807) is 6.08 Å². The summed E-state index contributed by atoms with van der Waals surface area (Å²) < 4.78 is 10.5. The highest BCUT2D eigenvalue weighted by molar-refractivity contribution is 5.70. The van der Waals surface area contributed by atoms with Crippen molar-refractivity contribution in [2.45, 2.75) is 206 Å². The van der Waals surface area contributed by atoms with Crippen LogP contribution in [0.25, 0.3) is 0 Å². The molecular formula is C44H78O6. The second kappa shape index (κ2) is 39.6. The zero-order valence-electron chi connectivity index (χ0n) is 32.5. The summed E-state index contributed by atoms with van der Waals surface area (Å²) in [5.41, 5.74) is 0. The zero-order chi connectivity index (χ0) is 36.6. The monoisotopic (exact) mass is 703 g/mol. The maximum absolute atomic E-state index is 12.2. The molecule has 0 aliphatic heterocycles. The lowest BCUT2D eigenvalue weighted by atomic mass is 10.0. The number of hydrogen-bond donors (Lipinski definition) is 2. The lowest BCUT2D eigenvalue weighted by molar-refractivity contribution is -0.161. The van der Waals surface area contributed by atoms with Crippen LogP contribution in [0.2, 0.25) is 0 Å². The topological polar surface area (TPSA) is 93.1 Å². The van der Waals surface area contributed by atoms with E-state index >= 15 is 0 Å². The first-order valence-corrected chi connectivity index (χ1v) is 20.8. The van der Waals surface area contributed by atoms with E-state index in [0.717, 1.165) is 32.1 Å². The number of rotatable bonds is 37. The molecular weight excluding hydrogens is 624 g/mol. The molecule has 0 amide bonds. The first kappa shape index (κ1) is 47.8. The van der Waals surface area contributed by atoms with Gasteiger partial charge in [0.05, 0.1) is 12.7 Å². The van der Waals surface area contributed by atoms with Crippen LogP contribution in [0.4, 0.5) is 0 Å². The average molecular weight is 703 g/mol. The largest absolute Gasteiger partial charge is 0.462 e. The number of aliphatic hydroxyl groups excluding tert-OH is 2. The van der Waals surface area contributed by atoms with Gasteiger partial charge in [-0.1, -0.05) is 184 Å². The van der Waals surface area contributed by atoms with Crippen molar-refractivity contribution in [2.75, 3.05) is 13.2 Å². The Balaban J connectivity index is 3.70. The van der Waals surface area contributed by atoms with Crippen LogP contribution in [0.1, 0.15) is 194 Å². The van der Waals surface area contributed by atoms with Crippen molar-refractivity contribution in [1.29, 1.82) is 0 Å². The Bertz CT molecular complexity index is 861. The number of ether oxygens (including phenoxy) is 2. The Hall–Kier alpha value is -2.18. The minimum absolute atomic E-state index is 0.113. The fraction of sp³-hybridized carbons (Fsp3) is 0.773. The third-order valence-electron chi connectivity index (χ3n) is 8.96. The van der Waals surface area contributed by atoms with Crippen LogP contribution in [0.3, 0.4) is 0 Å². The third kappa shape index (κ3) is 37.1. The molecule has 0 saturated carbocycles. The molecule has 2 atom stereocenters. The molecule has 1 unspecified atom stereocenters. The fourth-order valence-corrected chi connectivity index (χ4v) is 5.74. The SMILES string of the molecule is CCCCC/C=C\C/C=C\CC(O)/C=C\C=C\CCCC(=O)O[C@@H](CO)COC(=O)CCCCCCCCCCCCCCCCCCCC. The van der Waals surface area contributed by atoms with Gasteiger partial charge in [-0.3, -0.25) is 9.59 Å². The van der Waals surface area contributed by atoms with Crippen LogP contribution < -0.4 is 0 Å². The molecule has 0 aromatic rings. The molecule has 2 N–H and O–H groups in total. The number of carbonyl (C=O) groups excluding carboxylic acids is 2. The van der Waals surface area contributed by atoms with Crippen LogP contribution in [-0.2, 0) is 19.1 Å². The van der Waals surface area contributed by atoms with E-state index in [1.165, 1.54) is 116 Å². The fourth-order valence-electron chi connectivity index (χ4n) is 5.74. The summed E-state index contributed by atoms with van der Waals surface area (Å²) >= 11 is 0. The molecule has 0 rings (SSSR count). The van der Waals surface area contributed by atoms with Crippen LogP contribution >= 0.6 is 0 Å². The number of esters is 2. The quantitative estimate of drug-likeness (QED) is 0.0290. The number of allylic oxidation sites excluding steroid dienone is 6. The van der Waals surface area contributed by atoms with Gasteiger partial charge in [-0.15, -0.1) is 0 Å². The zero-order valence-corrected chi connectivity index (χ0v) is 32.5. The molecule has 0 aromatic heterocycles. The highest BCUT2D eigenvalue weighted by atomic mass is 16.6. The normalized spacial score (nSPS) is 13.3. The van der Waals surface area contributed by atoms with E-state index in [2.05, 4.69) is 32.1 Å². The molecule has 0 saturated heterocycles. The molecule has 0 bridgehead atoms. The number of unbranched alkanes of at least 4 members (excludes halogenated alkanes) is 21. The Kier molecular flexibility index (Phi) is 37.9. The standard InChI is InChI=1S/C44H78O6/c1-3-5-7-9-11-13-14-15-16-17-18-19-20-21-23-25-29-33-37-43(47)49-40-42(39-45)50-44(48)38-34-30-26-28-32-36-41(46)35-31-27-24-22-12-10-8-6-4-2/h12,22,26-28,31-32,36,41-42,45-46H,3-11,13-21,23-25,29-30,33-35,37-40H2,1-2H3/b22-12-,28-26+,31-27-,36-32-/t41?,42-/m0/s1. The van der Waals surface area contributed by atoms with Crippen LogP contribution in [-0.4, -0.2) is 47.6 Å². The van der Waals surface area contributed by atoms with E-state index in [-0.39, 0.29) is 25.6 Å². The predicted molar refractivity (Wildman–Crippen MR) is 211 cm³/mol. The molecule has 0 aromatic carbocycles. The summed E-state index contributed by atoms with van der Waals surface area (Å²) in [6.45, 7) is 3.99. The van der Waals surface area contributed by atoms with Gasteiger partial charge in [-0.25, -0.2) is 0 Å². The Morgan fingerprint density at radius 3 is 1.64 bits per heavy atom. The van der Waals surface area contributed by atoms with E-state index in [0.29, 0.717) is 25.7 Å². The summed E-state index contributed by atoms with van der Waals surface area (Å²) in [5, 5.41) is 19.6. The van der Waals surface area contributed by atoms with Crippen molar-refractivity contribution >= 4 is 11.9 Å². The minimum atomic E-state index is -0.831. The van der Waals surface area contributed by atoms with Gasteiger partial charge in [0.2, 0.25) is 0 Å². The number of aliphatic hydroxyl groups is 2. The van der Waals surface area contributed by atoms with Gasteiger partial charge in [-0.2, -0.15) is 0 Å². The van der Waals surface area contributed by atoms with Crippen molar-refractivity contribution in [2.24, 2.45) is 0 Å². The summed E-state index contributed by atoms with van der Waals surface area (Å²) in [6, 6.07) is 0. The van der Waals surface area contributed by atoms with Crippen molar-refractivity contribution in [1.82, 2.24) is 0 Å². The van der Waals surface area contributed by atoms with Gasteiger partial charge in [-0.05, 0) is 44.9 Å². The van der Waals surface area contributed by atoms with Crippen molar-refractivity contribution in [3.05, 3.63) is 48.6 Å². The van der Waals surface area contributed by atoms with E-state index in [9.17, 15) is 19.8 Å². The summed E-state index contributed by atoms with van der Waals surface area (Å²) in [6.07, 6.45) is 46.3. The molecule has 0 aliphatic rings. The van der Waals surface area contributed by atoms with Crippen LogP contribution in [0.5, 0.6) is 0 Å². The summed E-state index contributed by atoms with van der Waals surface area (Å²) in [4.78, 5) is 24.3. The lowest BCUT2D eigenvalue weighted by Gasteiger charge is -2.15. The lowest BCUT2D eigenvalue weighted by Crippen LogP contribution is -2.28. The predicted octanol–water partition coefficient (Wildman–Crippen LogP) is 12.0. The smallest absolute Gasteiger partial charge is 0.306 e. The minimum Gasteiger partial charge on any atom is -0.462 e. The molecule has 0 heterocycles.